The largest absolute Gasteiger partial charge is 0.493 e. The van der Waals surface area contributed by atoms with Gasteiger partial charge in [0.2, 0.25) is 5.75 Å². The molecule has 7 nitrogen and oxygen atoms in total. The van der Waals surface area contributed by atoms with Crippen molar-refractivity contribution >= 4 is 28.9 Å². The Hall–Kier alpha value is -4.14. The average molecular weight is 544 g/mol. The zero-order chi connectivity index (χ0) is 27.6. The smallest absolute Gasteiger partial charge is 0.255 e. The maximum Gasteiger partial charge on any atom is 0.255 e. The zero-order valence-electron chi connectivity index (χ0n) is 22.3. The molecule has 0 unspecified atom stereocenters. The average Bonchev–Trinajstić information content (AvgIpc) is 3.16. The summed E-state index contributed by atoms with van der Waals surface area (Å²) in [6.45, 7) is 0.680. The molecule has 0 fully saturated rings. The molecule has 0 saturated carbocycles. The Morgan fingerprint density at radius 3 is 2.26 bits per heavy atom. The number of anilines is 1. The second-order valence-corrected chi connectivity index (χ2v) is 9.73. The van der Waals surface area contributed by atoms with Crippen LogP contribution in [0.4, 0.5) is 5.69 Å². The lowest BCUT2D eigenvalue weighted by Gasteiger charge is -2.15. The maximum atomic E-state index is 12.5. The highest BCUT2D eigenvalue weighted by atomic mass is 32.2. The normalized spacial score (nSPS) is 12.9. The van der Waals surface area contributed by atoms with Crippen molar-refractivity contribution in [3.8, 4) is 17.2 Å². The van der Waals surface area contributed by atoms with Crippen LogP contribution in [0.25, 0.3) is 5.57 Å². The van der Waals surface area contributed by atoms with Gasteiger partial charge in [0.15, 0.2) is 11.5 Å². The molecule has 0 bridgehead atoms. The highest BCUT2D eigenvalue weighted by molar-refractivity contribution is 8.03. The van der Waals surface area contributed by atoms with E-state index in [9.17, 15) is 4.79 Å². The van der Waals surface area contributed by atoms with Crippen molar-refractivity contribution in [1.29, 1.82) is 0 Å². The number of thioether (sulfide) groups is 1. The maximum absolute atomic E-state index is 12.5. The molecule has 0 aliphatic heterocycles. The van der Waals surface area contributed by atoms with Gasteiger partial charge in [-0.15, -0.1) is 11.8 Å². The van der Waals surface area contributed by atoms with Gasteiger partial charge in [-0.3, -0.25) is 4.79 Å². The molecule has 3 aromatic rings. The van der Waals surface area contributed by atoms with Gasteiger partial charge in [0.1, 0.15) is 0 Å². The molecule has 0 radical (unpaired) electrons. The molecule has 0 spiro atoms. The van der Waals surface area contributed by atoms with E-state index in [2.05, 4.69) is 22.8 Å². The second kappa shape index (κ2) is 13.6. The molecule has 0 saturated heterocycles. The summed E-state index contributed by atoms with van der Waals surface area (Å²) >= 11 is 1.66. The molecule has 1 amide bonds. The molecule has 0 aromatic heterocycles. The third kappa shape index (κ3) is 7.25. The van der Waals surface area contributed by atoms with Crippen LogP contribution in [0.5, 0.6) is 17.2 Å². The molecule has 4 N–H and O–H groups in total. The Bertz CT molecular complexity index is 1360. The number of nitrogens with one attached hydrogen (secondary N) is 2. The number of ether oxygens (including phenoxy) is 3. The Balaban J connectivity index is 1.30. The lowest BCUT2D eigenvalue weighted by atomic mass is 10.0. The minimum Gasteiger partial charge on any atom is -0.493 e. The second-order valence-electron chi connectivity index (χ2n) is 8.71. The lowest BCUT2D eigenvalue weighted by Crippen LogP contribution is -2.14. The minimum atomic E-state index is -0.127. The first-order valence-electron chi connectivity index (χ1n) is 12.5. The predicted molar refractivity (Wildman–Crippen MR) is 159 cm³/mol. The van der Waals surface area contributed by atoms with Crippen LogP contribution in [0.15, 0.2) is 95.6 Å². The van der Waals surface area contributed by atoms with E-state index in [1.807, 2.05) is 72.8 Å². The van der Waals surface area contributed by atoms with Crippen molar-refractivity contribution in [3.63, 3.8) is 0 Å². The molecule has 0 heterocycles. The molecule has 3 aromatic carbocycles. The van der Waals surface area contributed by atoms with E-state index in [4.69, 9.17) is 19.9 Å². The number of methoxy groups -OCH3 is 3. The SMILES string of the molecule is COc1cc(C2=CCC=C(SCNCc3ccc(C(=O)Nc4ccccc4)cc3)C(N)=C2)cc(OC)c1OC. The summed E-state index contributed by atoms with van der Waals surface area (Å²) in [5.74, 6) is 2.32. The highest BCUT2D eigenvalue weighted by Crippen LogP contribution is 2.41. The third-order valence-electron chi connectivity index (χ3n) is 6.14. The van der Waals surface area contributed by atoms with Crippen LogP contribution in [0.2, 0.25) is 0 Å². The van der Waals surface area contributed by atoms with Crippen molar-refractivity contribution < 1.29 is 19.0 Å². The molecule has 202 valence electrons. The van der Waals surface area contributed by atoms with E-state index in [1.54, 1.807) is 33.1 Å². The van der Waals surface area contributed by atoms with E-state index >= 15 is 0 Å². The van der Waals surface area contributed by atoms with Crippen LogP contribution in [0.3, 0.4) is 0 Å². The molecule has 8 heteroatoms. The molecular formula is C31H33N3O4S. The summed E-state index contributed by atoms with van der Waals surface area (Å²) in [5.41, 5.74) is 11.6. The third-order valence-corrected chi connectivity index (χ3v) is 7.20. The van der Waals surface area contributed by atoms with Gasteiger partial charge < -0.3 is 30.6 Å². The number of amides is 1. The summed E-state index contributed by atoms with van der Waals surface area (Å²) in [7, 11) is 4.80. The summed E-state index contributed by atoms with van der Waals surface area (Å²) in [6, 6.07) is 20.9. The number of nitrogens with two attached hydrogens (primary N) is 1. The van der Waals surface area contributed by atoms with E-state index in [-0.39, 0.29) is 5.91 Å². The molecule has 1 aliphatic carbocycles. The number of para-hydroxylation sites is 1. The summed E-state index contributed by atoms with van der Waals surface area (Å²) in [4.78, 5) is 13.5. The fourth-order valence-electron chi connectivity index (χ4n) is 4.12. The van der Waals surface area contributed by atoms with Crippen LogP contribution in [-0.2, 0) is 6.54 Å². The zero-order valence-corrected chi connectivity index (χ0v) is 23.1. The number of carbonyl (C=O) groups is 1. The van der Waals surface area contributed by atoms with Crippen molar-refractivity contribution in [2.45, 2.75) is 13.0 Å². The number of rotatable bonds is 11. The Labute approximate surface area is 233 Å². The molecule has 0 atom stereocenters. The Morgan fingerprint density at radius 1 is 0.923 bits per heavy atom. The summed E-state index contributed by atoms with van der Waals surface area (Å²) < 4.78 is 16.4. The van der Waals surface area contributed by atoms with Crippen LogP contribution < -0.4 is 30.6 Å². The highest BCUT2D eigenvalue weighted by Gasteiger charge is 2.16. The molecular weight excluding hydrogens is 510 g/mol. The number of allylic oxidation sites excluding steroid dienone is 4. The number of hydrogen-bond donors (Lipinski definition) is 3. The number of hydrogen-bond acceptors (Lipinski definition) is 7. The van der Waals surface area contributed by atoms with Crippen molar-refractivity contribution in [2.75, 3.05) is 32.5 Å². The van der Waals surface area contributed by atoms with Crippen molar-refractivity contribution in [1.82, 2.24) is 5.32 Å². The van der Waals surface area contributed by atoms with E-state index in [0.717, 1.165) is 33.7 Å². The van der Waals surface area contributed by atoms with Crippen LogP contribution in [0.1, 0.15) is 27.9 Å². The van der Waals surface area contributed by atoms with E-state index in [0.29, 0.717) is 40.9 Å². The predicted octanol–water partition coefficient (Wildman–Crippen LogP) is 5.96. The van der Waals surface area contributed by atoms with E-state index < -0.39 is 0 Å². The monoisotopic (exact) mass is 543 g/mol. The van der Waals surface area contributed by atoms with Gasteiger partial charge in [-0.05, 0) is 65.6 Å². The lowest BCUT2D eigenvalue weighted by molar-refractivity contribution is 0.102. The first-order chi connectivity index (χ1) is 19.0. The first-order valence-corrected chi connectivity index (χ1v) is 13.5. The van der Waals surface area contributed by atoms with Crippen LogP contribution >= 0.6 is 11.8 Å². The van der Waals surface area contributed by atoms with Gasteiger partial charge in [-0.2, -0.15) is 0 Å². The summed E-state index contributed by atoms with van der Waals surface area (Å²) in [5, 5.41) is 6.34. The number of carbonyl (C=O) groups excluding carboxylic acids is 1. The Morgan fingerprint density at radius 2 is 1.62 bits per heavy atom. The van der Waals surface area contributed by atoms with Gasteiger partial charge in [-0.1, -0.05) is 42.5 Å². The first kappa shape index (κ1) is 27.9. The van der Waals surface area contributed by atoms with Gasteiger partial charge in [-0.25, -0.2) is 0 Å². The molecule has 4 rings (SSSR count). The van der Waals surface area contributed by atoms with Gasteiger partial charge in [0.05, 0.1) is 21.3 Å². The van der Waals surface area contributed by atoms with E-state index in [1.165, 1.54) is 0 Å². The van der Waals surface area contributed by atoms with Gasteiger partial charge in [0.25, 0.3) is 5.91 Å². The van der Waals surface area contributed by atoms with Crippen molar-refractivity contribution in [2.24, 2.45) is 5.73 Å². The fourth-order valence-corrected chi connectivity index (χ4v) is 4.92. The standard InChI is InChI=1S/C31H33N3O4S/c1-36-27-17-24(18-28(37-2)30(27)38-3)23-8-7-11-29(26(32)16-23)39-20-33-19-21-12-14-22(15-13-21)31(35)34-25-9-5-4-6-10-25/h4-6,8-18,33H,7,19-20,32H2,1-3H3,(H,34,35). The number of benzene rings is 3. The van der Waals surface area contributed by atoms with Crippen molar-refractivity contribution in [3.05, 3.63) is 112 Å². The minimum absolute atomic E-state index is 0.127. The van der Waals surface area contributed by atoms with Crippen LogP contribution in [-0.4, -0.2) is 33.1 Å². The van der Waals surface area contributed by atoms with Gasteiger partial charge in [0, 0.05) is 34.3 Å². The van der Waals surface area contributed by atoms with Crippen LogP contribution in [0, 0.1) is 0 Å². The van der Waals surface area contributed by atoms with Gasteiger partial charge >= 0.3 is 0 Å². The molecule has 39 heavy (non-hydrogen) atoms. The quantitative estimate of drug-likeness (QED) is 0.203. The fraction of sp³-hybridized carbons (Fsp3) is 0.194. The molecule has 1 aliphatic rings. The topological polar surface area (TPSA) is 94.8 Å². The Kier molecular flexibility index (Phi) is 9.72. The summed E-state index contributed by atoms with van der Waals surface area (Å²) in [6.07, 6.45) is 6.98.